The van der Waals surface area contributed by atoms with Crippen molar-refractivity contribution in [1.82, 2.24) is 9.97 Å². The van der Waals surface area contributed by atoms with Gasteiger partial charge in [0.05, 0.1) is 0 Å². The van der Waals surface area contributed by atoms with Crippen LogP contribution in [0.5, 0.6) is 0 Å². The fourth-order valence-electron chi connectivity index (χ4n) is 2.54. The molecule has 0 unspecified atom stereocenters. The molecule has 2 rings (SSSR count). The van der Waals surface area contributed by atoms with Gasteiger partial charge in [-0.3, -0.25) is 0 Å². The highest BCUT2D eigenvalue weighted by molar-refractivity contribution is 5.54. The number of nitrogens with two attached hydrogens (primary N) is 1. The Morgan fingerprint density at radius 2 is 2.00 bits per heavy atom. The molecule has 0 bridgehead atoms. The molecule has 0 spiro atoms. The summed E-state index contributed by atoms with van der Waals surface area (Å²) in [5, 5.41) is 3.35. The predicted molar refractivity (Wildman–Crippen MR) is 66.1 cm³/mol. The largest absolute Gasteiger partial charge is 0.381 e. The van der Waals surface area contributed by atoms with E-state index in [4.69, 9.17) is 5.73 Å². The van der Waals surface area contributed by atoms with Crippen molar-refractivity contribution < 1.29 is 0 Å². The Bertz CT molecular complexity index is 345. The minimum atomic E-state index is 0.448. The van der Waals surface area contributed by atoms with Crippen LogP contribution in [0.3, 0.4) is 0 Å². The van der Waals surface area contributed by atoms with Crippen LogP contribution >= 0.6 is 0 Å². The third-order valence-electron chi connectivity index (χ3n) is 3.77. The van der Waals surface area contributed by atoms with E-state index in [9.17, 15) is 0 Å². The number of nitrogens with zero attached hydrogens (tertiary/aromatic N) is 2. The number of nitrogens with one attached hydrogen (secondary N) is 1. The fourth-order valence-corrected chi connectivity index (χ4v) is 2.54. The molecule has 1 aliphatic rings. The standard InChI is InChI=1S/C12H20N4/c1-2-12(5-3-4-6-12)9-16-11-10(13)14-7-8-15-11/h7-8H,2-6,9H2,1H3,(H2,13,14)(H,15,16). The first-order chi connectivity index (χ1) is 7.76. The molecule has 0 aliphatic heterocycles. The second-order valence-electron chi connectivity index (χ2n) is 4.70. The third-order valence-corrected chi connectivity index (χ3v) is 3.77. The van der Waals surface area contributed by atoms with Gasteiger partial charge < -0.3 is 11.1 Å². The van der Waals surface area contributed by atoms with Crippen molar-refractivity contribution in [2.24, 2.45) is 5.41 Å². The maximum Gasteiger partial charge on any atom is 0.168 e. The number of rotatable bonds is 4. The van der Waals surface area contributed by atoms with Crippen molar-refractivity contribution in [2.75, 3.05) is 17.6 Å². The molecular weight excluding hydrogens is 200 g/mol. The van der Waals surface area contributed by atoms with Crippen LogP contribution in [0.15, 0.2) is 12.4 Å². The fraction of sp³-hybridized carbons (Fsp3) is 0.667. The van der Waals surface area contributed by atoms with Gasteiger partial charge in [0.1, 0.15) is 0 Å². The van der Waals surface area contributed by atoms with Crippen molar-refractivity contribution in [3.8, 4) is 0 Å². The van der Waals surface area contributed by atoms with Gasteiger partial charge in [0.15, 0.2) is 11.6 Å². The molecule has 4 nitrogen and oxygen atoms in total. The van der Waals surface area contributed by atoms with E-state index in [1.807, 2.05) is 0 Å². The Hall–Kier alpha value is -1.32. The van der Waals surface area contributed by atoms with Crippen molar-refractivity contribution in [2.45, 2.75) is 39.0 Å². The van der Waals surface area contributed by atoms with Gasteiger partial charge in [0, 0.05) is 18.9 Å². The first-order valence-corrected chi connectivity index (χ1v) is 6.06. The zero-order valence-corrected chi connectivity index (χ0v) is 9.87. The Kier molecular flexibility index (Phi) is 3.27. The van der Waals surface area contributed by atoms with E-state index in [1.165, 1.54) is 32.1 Å². The summed E-state index contributed by atoms with van der Waals surface area (Å²) in [7, 11) is 0. The molecule has 1 aromatic rings. The molecule has 1 aliphatic carbocycles. The average molecular weight is 220 g/mol. The Morgan fingerprint density at radius 3 is 2.62 bits per heavy atom. The number of anilines is 2. The highest BCUT2D eigenvalue weighted by atomic mass is 15.1. The molecule has 1 saturated carbocycles. The molecule has 0 atom stereocenters. The topological polar surface area (TPSA) is 63.8 Å². The molecule has 1 heterocycles. The highest BCUT2D eigenvalue weighted by Crippen LogP contribution is 2.40. The SMILES string of the molecule is CCC1(CNc2nccnc2N)CCCC1. The van der Waals surface area contributed by atoms with Crippen LogP contribution in [0.2, 0.25) is 0 Å². The lowest BCUT2D eigenvalue weighted by atomic mass is 9.83. The Labute approximate surface area is 96.7 Å². The van der Waals surface area contributed by atoms with Crippen molar-refractivity contribution in [3.63, 3.8) is 0 Å². The van der Waals surface area contributed by atoms with Crippen LogP contribution in [0.1, 0.15) is 39.0 Å². The minimum Gasteiger partial charge on any atom is -0.381 e. The average Bonchev–Trinajstić information content (AvgIpc) is 2.78. The van der Waals surface area contributed by atoms with Crippen LogP contribution in [0, 0.1) is 5.41 Å². The second-order valence-corrected chi connectivity index (χ2v) is 4.70. The summed E-state index contributed by atoms with van der Waals surface area (Å²) in [5.74, 6) is 1.22. The predicted octanol–water partition coefficient (Wildman–Crippen LogP) is 2.44. The maximum atomic E-state index is 5.75. The van der Waals surface area contributed by atoms with Crippen LogP contribution in [0.25, 0.3) is 0 Å². The van der Waals surface area contributed by atoms with Crippen LogP contribution in [-0.4, -0.2) is 16.5 Å². The Morgan fingerprint density at radius 1 is 1.31 bits per heavy atom. The van der Waals surface area contributed by atoms with Gasteiger partial charge in [-0.05, 0) is 24.7 Å². The first kappa shape index (κ1) is 11.2. The summed E-state index contributed by atoms with van der Waals surface area (Å²) in [6, 6.07) is 0. The Balaban J connectivity index is 1.98. The quantitative estimate of drug-likeness (QED) is 0.818. The second kappa shape index (κ2) is 4.68. The van der Waals surface area contributed by atoms with Gasteiger partial charge in [-0.25, -0.2) is 9.97 Å². The van der Waals surface area contributed by atoms with Gasteiger partial charge in [0.25, 0.3) is 0 Å². The van der Waals surface area contributed by atoms with Gasteiger partial charge in [-0.15, -0.1) is 0 Å². The van der Waals surface area contributed by atoms with E-state index in [0.29, 0.717) is 11.2 Å². The molecule has 0 aromatic carbocycles. The number of aromatic nitrogens is 2. The molecule has 0 amide bonds. The molecule has 0 saturated heterocycles. The number of hydrogen-bond acceptors (Lipinski definition) is 4. The van der Waals surface area contributed by atoms with Crippen LogP contribution in [-0.2, 0) is 0 Å². The van der Waals surface area contributed by atoms with Gasteiger partial charge in [-0.1, -0.05) is 19.8 Å². The summed E-state index contributed by atoms with van der Waals surface area (Å²) in [6.07, 6.45) is 9.85. The zero-order chi connectivity index (χ0) is 11.4. The van der Waals surface area contributed by atoms with E-state index >= 15 is 0 Å². The normalized spacial score (nSPS) is 18.6. The zero-order valence-electron chi connectivity index (χ0n) is 9.87. The lowest BCUT2D eigenvalue weighted by Crippen LogP contribution is -2.26. The third kappa shape index (κ3) is 2.26. The van der Waals surface area contributed by atoms with E-state index in [2.05, 4.69) is 22.2 Å². The van der Waals surface area contributed by atoms with E-state index in [-0.39, 0.29) is 0 Å². The lowest BCUT2D eigenvalue weighted by molar-refractivity contribution is 0.306. The molecule has 88 valence electrons. The maximum absolute atomic E-state index is 5.75. The molecule has 1 aromatic heterocycles. The van der Waals surface area contributed by atoms with Gasteiger partial charge in [-0.2, -0.15) is 0 Å². The summed E-state index contributed by atoms with van der Waals surface area (Å²) in [4.78, 5) is 8.23. The molecule has 1 fully saturated rings. The molecule has 3 N–H and O–H groups in total. The van der Waals surface area contributed by atoms with Crippen LogP contribution < -0.4 is 11.1 Å². The number of hydrogen-bond donors (Lipinski definition) is 2. The van der Waals surface area contributed by atoms with Gasteiger partial charge >= 0.3 is 0 Å². The van der Waals surface area contributed by atoms with Gasteiger partial charge in [0.2, 0.25) is 0 Å². The first-order valence-electron chi connectivity index (χ1n) is 6.06. The highest BCUT2D eigenvalue weighted by Gasteiger charge is 2.31. The minimum absolute atomic E-state index is 0.448. The van der Waals surface area contributed by atoms with Crippen molar-refractivity contribution in [1.29, 1.82) is 0 Å². The summed E-state index contributed by atoms with van der Waals surface area (Å²) < 4.78 is 0. The summed E-state index contributed by atoms with van der Waals surface area (Å²) in [5.41, 5.74) is 6.20. The van der Waals surface area contributed by atoms with Crippen LogP contribution in [0.4, 0.5) is 11.6 Å². The van der Waals surface area contributed by atoms with Crippen molar-refractivity contribution in [3.05, 3.63) is 12.4 Å². The molecule has 16 heavy (non-hydrogen) atoms. The molecular formula is C12H20N4. The summed E-state index contributed by atoms with van der Waals surface area (Å²) >= 11 is 0. The summed E-state index contributed by atoms with van der Waals surface area (Å²) in [6.45, 7) is 3.24. The number of nitrogen functional groups attached to an aromatic ring is 1. The smallest absolute Gasteiger partial charge is 0.168 e. The van der Waals surface area contributed by atoms with E-state index in [0.717, 1.165) is 12.4 Å². The van der Waals surface area contributed by atoms with E-state index < -0.39 is 0 Å². The van der Waals surface area contributed by atoms with E-state index in [1.54, 1.807) is 12.4 Å². The molecule has 0 radical (unpaired) electrons. The lowest BCUT2D eigenvalue weighted by Gasteiger charge is -2.28. The van der Waals surface area contributed by atoms with Crippen molar-refractivity contribution >= 4 is 11.6 Å². The monoisotopic (exact) mass is 220 g/mol. The molecule has 4 heteroatoms.